The fraction of sp³-hybridized carbons (Fsp3) is 0.235. The van der Waals surface area contributed by atoms with Crippen LogP contribution in [0.3, 0.4) is 0 Å². The van der Waals surface area contributed by atoms with Crippen LogP contribution in [0.15, 0.2) is 108 Å². The Morgan fingerprint density at radius 2 is 1.47 bits per heavy atom. The van der Waals surface area contributed by atoms with Gasteiger partial charge in [-0.25, -0.2) is 8.42 Å². The Kier molecular flexibility index (Phi) is 11.5. The van der Waals surface area contributed by atoms with E-state index < -0.39 is 28.5 Å². The Labute approximate surface area is 269 Å². The average molecular weight is 650 g/mol. The standard InChI is InChI=1S/C34H36ClN3O6S/c1-4-36-34(40)30(21-25-12-7-5-8-13-25)37(23-26-14-11-15-27(35)20-26)33(39)24-38(45(41,42)29-16-9-6-10-17-29)28-18-19-31(43-2)32(22-28)44-3/h5-20,22,30H,4,21,23-24H2,1-3H3,(H,36,40)/t30-/m0/s1. The number of hydrogen-bond acceptors (Lipinski definition) is 6. The number of carbonyl (C=O) groups excluding carboxylic acids is 2. The fourth-order valence-electron chi connectivity index (χ4n) is 4.91. The monoisotopic (exact) mass is 649 g/mol. The first kappa shape index (κ1) is 33.4. The maximum atomic E-state index is 14.5. The summed E-state index contributed by atoms with van der Waals surface area (Å²) in [6, 6.07) is 27.8. The van der Waals surface area contributed by atoms with Crippen molar-refractivity contribution >= 4 is 39.1 Å². The molecular formula is C34H36ClN3O6S. The summed E-state index contributed by atoms with van der Waals surface area (Å²) < 4.78 is 40.1. The van der Waals surface area contributed by atoms with Gasteiger partial charge < -0.3 is 19.7 Å². The van der Waals surface area contributed by atoms with E-state index in [2.05, 4.69) is 5.32 Å². The number of likely N-dealkylation sites (N-methyl/N-ethyl adjacent to an activating group) is 1. The van der Waals surface area contributed by atoms with Crippen LogP contribution in [0.5, 0.6) is 11.5 Å². The largest absolute Gasteiger partial charge is 0.493 e. The summed E-state index contributed by atoms with van der Waals surface area (Å²) in [6.07, 6.45) is 0.209. The van der Waals surface area contributed by atoms with Crippen LogP contribution < -0.4 is 19.1 Å². The number of nitrogens with zero attached hydrogens (tertiary/aromatic N) is 2. The molecule has 236 valence electrons. The molecular weight excluding hydrogens is 614 g/mol. The van der Waals surface area contributed by atoms with Gasteiger partial charge in [-0.2, -0.15) is 0 Å². The van der Waals surface area contributed by atoms with Gasteiger partial charge in [0.15, 0.2) is 11.5 Å². The van der Waals surface area contributed by atoms with Gasteiger partial charge in [-0.05, 0) is 54.4 Å². The number of sulfonamides is 1. The smallest absolute Gasteiger partial charge is 0.264 e. The van der Waals surface area contributed by atoms with E-state index in [1.807, 2.05) is 30.3 Å². The van der Waals surface area contributed by atoms with Gasteiger partial charge in [0.25, 0.3) is 10.0 Å². The highest BCUT2D eigenvalue weighted by atomic mass is 35.5. The van der Waals surface area contributed by atoms with Crippen LogP contribution in [-0.2, 0) is 32.6 Å². The minimum absolute atomic E-state index is 0.00135. The van der Waals surface area contributed by atoms with E-state index in [1.165, 1.54) is 37.3 Å². The molecule has 4 aromatic rings. The number of halogens is 1. The first-order valence-corrected chi connectivity index (χ1v) is 16.1. The highest BCUT2D eigenvalue weighted by molar-refractivity contribution is 7.92. The van der Waals surface area contributed by atoms with Crippen LogP contribution in [0.25, 0.3) is 0 Å². The molecule has 9 nitrogen and oxygen atoms in total. The summed E-state index contributed by atoms with van der Waals surface area (Å²) in [5.41, 5.74) is 1.71. The molecule has 11 heteroatoms. The molecule has 0 aliphatic heterocycles. The van der Waals surface area contributed by atoms with Crippen molar-refractivity contribution in [1.82, 2.24) is 10.2 Å². The molecule has 0 radical (unpaired) electrons. The van der Waals surface area contributed by atoms with Crippen LogP contribution in [0.1, 0.15) is 18.1 Å². The molecule has 0 saturated carbocycles. The van der Waals surface area contributed by atoms with Gasteiger partial charge in [-0.3, -0.25) is 13.9 Å². The molecule has 0 heterocycles. The second kappa shape index (κ2) is 15.5. The lowest BCUT2D eigenvalue weighted by Crippen LogP contribution is -2.53. The van der Waals surface area contributed by atoms with Gasteiger partial charge in [0.2, 0.25) is 11.8 Å². The maximum Gasteiger partial charge on any atom is 0.264 e. The zero-order valence-corrected chi connectivity index (χ0v) is 26.9. The quantitative estimate of drug-likeness (QED) is 0.198. The lowest BCUT2D eigenvalue weighted by molar-refractivity contribution is -0.140. The van der Waals surface area contributed by atoms with Crippen molar-refractivity contribution in [2.45, 2.75) is 30.8 Å². The third-order valence-electron chi connectivity index (χ3n) is 7.13. The molecule has 4 aromatic carbocycles. The number of amides is 2. The topological polar surface area (TPSA) is 105 Å². The van der Waals surface area contributed by atoms with E-state index in [0.29, 0.717) is 22.9 Å². The van der Waals surface area contributed by atoms with Gasteiger partial charge in [-0.1, -0.05) is 72.3 Å². The zero-order valence-electron chi connectivity index (χ0n) is 25.4. The second-order valence-electron chi connectivity index (χ2n) is 10.1. The molecule has 0 saturated heterocycles. The molecule has 0 fully saturated rings. The lowest BCUT2D eigenvalue weighted by atomic mass is 10.0. The number of methoxy groups -OCH3 is 2. The van der Waals surface area contributed by atoms with E-state index in [0.717, 1.165) is 9.87 Å². The number of anilines is 1. The molecule has 4 rings (SSSR count). The maximum absolute atomic E-state index is 14.5. The minimum atomic E-state index is -4.25. The summed E-state index contributed by atoms with van der Waals surface area (Å²) >= 11 is 6.28. The predicted octanol–water partition coefficient (Wildman–Crippen LogP) is 5.33. The number of ether oxygens (including phenoxy) is 2. The molecule has 1 N–H and O–H groups in total. The van der Waals surface area contributed by atoms with Crippen molar-refractivity contribution in [2.75, 3.05) is 31.6 Å². The van der Waals surface area contributed by atoms with Gasteiger partial charge in [0.05, 0.1) is 24.8 Å². The summed E-state index contributed by atoms with van der Waals surface area (Å²) in [6.45, 7) is 1.56. The third-order valence-corrected chi connectivity index (χ3v) is 9.15. The normalized spacial score (nSPS) is 11.7. The Bertz CT molecular complexity index is 1700. The molecule has 1 atom stereocenters. The van der Waals surface area contributed by atoms with Gasteiger partial charge in [0.1, 0.15) is 12.6 Å². The SMILES string of the molecule is CCNC(=O)[C@H](Cc1ccccc1)N(Cc1cccc(Cl)c1)C(=O)CN(c1ccc(OC)c(OC)c1)S(=O)(=O)c1ccccc1. The van der Waals surface area contributed by atoms with Crippen molar-refractivity contribution in [2.24, 2.45) is 0 Å². The molecule has 0 spiro atoms. The predicted molar refractivity (Wildman–Crippen MR) is 175 cm³/mol. The molecule has 0 aliphatic carbocycles. The summed E-state index contributed by atoms with van der Waals surface area (Å²) in [4.78, 5) is 29.5. The molecule has 45 heavy (non-hydrogen) atoms. The second-order valence-corrected chi connectivity index (χ2v) is 12.4. The zero-order chi connectivity index (χ0) is 32.4. The Balaban J connectivity index is 1.83. The van der Waals surface area contributed by atoms with Gasteiger partial charge in [-0.15, -0.1) is 0 Å². The number of nitrogens with one attached hydrogen (secondary N) is 1. The first-order valence-electron chi connectivity index (χ1n) is 14.3. The number of benzene rings is 4. The van der Waals surface area contributed by atoms with Gasteiger partial charge >= 0.3 is 0 Å². The highest BCUT2D eigenvalue weighted by Gasteiger charge is 2.34. The average Bonchev–Trinajstić information content (AvgIpc) is 3.05. The Morgan fingerprint density at radius 1 is 0.822 bits per heavy atom. The van der Waals surface area contributed by atoms with Crippen LogP contribution >= 0.6 is 11.6 Å². The summed E-state index contributed by atoms with van der Waals surface area (Å²) in [7, 11) is -1.34. The van der Waals surface area contributed by atoms with Crippen molar-refractivity contribution in [3.05, 3.63) is 119 Å². The van der Waals surface area contributed by atoms with Crippen molar-refractivity contribution in [1.29, 1.82) is 0 Å². The van der Waals surface area contributed by atoms with Crippen LogP contribution in [0, 0.1) is 0 Å². The number of carbonyl (C=O) groups is 2. The van der Waals surface area contributed by atoms with E-state index in [1.54, 1.807) is 61.5 Å². The minimum Gasteiger partial charge on any atom is -0.493 e. The lowest BCUT2D eigenvalue weighted by Gasteiger charge is -2.34. The molecule has 0 aliphatic rings. The molecule has 2 amide bonds. The van der Waals surface area contributed by atoms with E-state index in [4.69, 9.17) is 21.1 Å². The van der Waals surface area contributed by atoms with Crippen molar-refractivity contribution < 1.29 is 27.5 Å². The Morgan fingerprint density at radius 3 is 2.09 bits per heavy atom. The van der Waals surface area contributed by atoms with E-state index in [-0.39, 0.29) is 35.2 Å². The number of rotatable bonds is 14. The number of hydrogen-bond donors (Lipinski definition) is 1. The first-order chi connectivity index (χ1) is 21.7. The highest BCUT2D eigenvalue weighted by Crippen LogP contribution is 2.34. The molecule has 0 aromatic heterocycles. The third kappa shape index (κ3) is 8.34. The van der Waals surface area contributed by atoms with E-state index >= 15 is 0 Å². The van der Waals surface area contributed by atoms with Gasteiger partial charge in [0, 0.05) is 30.6 Å². The summed E-state index contributed by atoms with van der Waals surface area (Å²) in [5, 5.41) is 3.31. The van der Waals surface area contributed by atoms with Crippen LogP contribution in [0.2, 0.25) is 5.02 Å². The van der Waals surface area contributed by atoms with Crippen molar-refractivity contribution in [3.63, 3.8) is 0 Å². The fourth-order valence-corrected chi connectivity index (χ4v) is 6.55. The summed E-state index contributed by atoms with van der Waals surface area (Å²) in [5.74, 6) is -0.265. The van der Waals surface area contributed by atoms with Crippen LogP contribution in [-0.4, -0.2) is 58.5 Å². The molecule has 0 bridgehead atoms. The van der Waals surface area contributed by atoms with Crippen LogP contribution in [0.4, 0.5) is 5.69 Å². The molecule has 0 unspecified atom stereocenters. The Hall–Kier alpha value is -4.54. The van der Waals surface area contributed by atoms with Crippen molar-refractivity contribution in [3.8, 4) is 11.5 Å². The van der Waals surface area contributed by atoms with E-state index in [9.17, 15) is 18.0 Å².